The number of carbonyl (C=O) groups is 1. The molecule has 1 heterocycles. The van der Waals surface area contributed by atoms with Gasteiger partial charge in [0.1, 0.15) is 11.9 Å². The van der Waals surface area contributed by atoms with E-state index in [0.717, 1.165) is 6.07 Å². The molecule has 2 rings (SSSR count). The molecule has 0 atom stereocenters. The van der Waals surface area contributed by atoms with Gasteiger partial charge in [-0.3, -0.25) is 9.78 Å². The fourth-order valence-corrected chi connectivity index (χ4v) is 1.63. The maximum atomic E-state index is 13.0. The van der Waals surface area contributed by atoms with E-state index in [1.807, 2.05) is 6.07 Å². The largest absolute Gasteiger partial charge is 0.321 e. The third kappa shape index (κ3) is 2.75. The van der Waals surface area contributed by atoms with Gasteiger partial charge in [-0.1, -0.05) is 0 Å². The van der Waals surface area contributed by atoms with Crippen molar-refractivity contribution >= 4 is 11.6 Å². The molecule has 4 nitrogen and oxygen atoms in total. The Hall–Kier alpha value is -2.74. The highest BCUT2D eigenvalue weighted by atomic mass is 19.1. The summed E-state index contributed by atoms with van der Waals surface area (Å²) >= 11 is 0. The van der Waals surface area contributed by atoms with Gasteiger partial charge in [0.05, 0.1) is 16.8 Å². The number of benzene rings is 1. The summed E-state index contributed by atoms with van der Waals surface area (Å²) in [5.74, 6) is -0.902. The van der Waals surface area contributed by atoms with E-state index in [1.165, 1.54) is 12.1 Å². The normalized spacial score (nSPS) is 9.74. The number of halogens is 1. The lowest BCUT2D eigenvalue weighted by Gasteiger charge is -2.08. The van der Waals surface area contributed by atoms with Crippen molar-refractivity contribution in [2.75, 3.05) is 5.32 Å². The van der Waals surface area contributed by atoms with Crippen molar-refractivity contribution in [2.45, 2.75) is 6.92 Å². The number of nitrogens with zero attached hydrogens (tertiary/aromatic N) is 2. The van der Waals surface area contributed by atoms with Crippen molar-refractivity contribution in [3.05, 3.63) is 59.2 Å². The van der Waals surface area contributed by atoms with E-state index in [9.17, 15) is 9.18 Å². The van der Waals surface area contributed by atoms with Crippen molar-refractivity contribution in [2.24, 2.45) is 0 Å². The average Bonchev–Trinajstić information content (AvgIpc) is 2.41. The maximum Gasteiger partial charge on any atom is 0.257 e. The molecule has 0 unspecified atom stereocenters. The second kappa shape index (κ2) is 5.27. The molecule has 1 aromatic carbocycles. The summed E-state index contributed by atoms with van der Waals surface area (Å²) in [6.07, 6.45) is 1.59. The van der Waals surface area contributed by atoms with Gasteiger partial charge >= 0.3 is 0 Å². The number of rotatable bonds is 2. The first-order valence-electron chi connectivity index (χ1n) is 5.54. The monoisotopic (exact) mass is 255 g/mol. The molecular weight excluding hydrogens is 245 g/mol. The van der Waals surface area contributed by atoms with Crippen LogP contribution in [0.4, 0.5) is 10.1 Å². The van der Waals surface area contributed by atoms with Gasteiger partial charge in [0.25, 0.3) is 5.91 Å². The SMILES string of the molecule is Cc1ncccc1C(=O)Nc1ccc(F)cc1C#N. The maximum absolute atomic E-state index is 13.0. The van der Waals surface area contributed by atoms with Crippen molar-refractivity contribution in [1.29, 1.82) is 5.26 Å². The molecule has 0 saturated carbocycles. The zero-order valence-electron chi connectivity index (χ0n) is 10.1. The van der Waals surface area contributed by atoms with Gasteiger partial charge in [-0.25, -0.2) is 4.39 Å². The Balaban J connectivity index is 2.30. The van der Waals surface area contributed by atoms with Crippen molar-refractivity contribution in [3.8, 4) is 6.07 Å². The number of hydrogen-bond acceptors (Lipinski definition) is 3. The second-order valence-corrected chi connectivity index (χ2v) is 3.89. The summed E-state index contributed by atoms with van der Waals surface area (Å²) in [7, 11) is 0. The predicted molar refractivity (Wildman–Crippen MR) is 68.0 cm³/mol. The van der Waals surface area contributed by atoms with Crippen molar-refractivity contribution in [1.82, 2.24) is 4.98 Å². The van der Waals surface area contributed by atoms with Crippen LogP contribution >= 0.6 is 0 Å². The Morgan fingerprint density at radius 3 is 2.89 bits per heavy atom. The molecule has 1 N–H and O–H groups in total. The quantitative estimate of drug-likeness (QED) is 0.897. The minimum absolute atomic E-state index is 0.0786. The molecule has 5 heteroatoms. The minimum atomic E-state index is -0.521. The zero-order valence-corrected chi connectivity index (χ0v) is 10.1. The Morgan fingerprint density at radius 2 is 2.21 bits per heavy atom. The first kappa shape index (κ1) is 12.7. The molecule has 0 spiro atoms. The summed E-state index contributed by atoms with van der Waals surface area (Å²) in [6, 6.07) is 8.74. The number of pyridine rings is 1. The first-order chi connectivity index (χ1) is 9.11. The number of hydrogen-bond donors (Lipinski definition) is 1. The lowest BCUT2D eigenvalue weighted by atomic mass is 10.1. The topological polar surface area (TPSA) is 65.8 Å². The molecule has 1 aromatic heterocycles. The fraction of sp³-hybridized carbons (Fsp3) is 0.0714. The first-order valence-corrected chi connectivity index (χ1v) is 5.54. The highest BCUT2D eigenvalue weighted by molar-refractivity contribution is 6.05. The van der Waals surface area contributed by atoms with E-state index < -0.39 is 5.82 Å². The molecule has 19 heavy (non-hydrogen) atoms. The van der Waals surface area contributed by atoms with E-state index in [4.69, 9.17) is 5.26 Å². The van der Waals surface area contributed by atoms with E-state index in [-0.39, 0.29) is 17.2 Å². The Labute approximate surface area is 109 Å². The number of anilines is 1. The highest BCUT2D eigenvalue weighted by Crippen LogP contribution is 2.17. The van der Waals surface area contributed by atoms with Crippen LogP contribution in [0, 0.1) is 24.1 Å². The molecule has 0 aliphatic rings. The van der Waals surface area contributed by atoms with Gasteiger partial charge in [0.15, 0.2) is 0 Å². The second-order valence-electron chi connectivity index (χ2n) is 3.89. The number of nitrogens with one attached hydrogen (secondary N) is 1. The summed E-state index contributed by atoms with van der Waals surface area (Å²) in [4.78, 5) is 16.0. The molecule has 2 aromatic rings. The van der Waals surface area contributed by atoms with Gasteiger partial charge in [0, 0.05) is 11.9 Å². The van der Waals surface area contributed by atoms with E-state index in [2.05, 4.69) is 10.3 Å². The molecule has 0 saturated heterocycles. The van der Waals surface area contributed by atoms with Crippen LogP contribution in [0.25, 0.3) is 0 Å². The lowest BCUT2D eigenvalue weighted by molar-refractivity contribution is 0.102. The van der Waals surface area contributed by atoms with E-state index in [0.29, 0.717) is 11.3 Å². The Morgan fingerprint density at radius 1 is 1.42 bits per heavy atom. The third-order valence-corrected chi connectivity index (χ3v) is 2.60. The van der Waals surface area contributed by atoms with Crippen LogP contribution in [0.3, 0.4) is 0 Å². The van der Waals surface area contributed by atoms with Gasteiger partial charge < -0.3 is 5.32 Å². The number of carbonyl (C=O) groups excluding carboxylic acids is 1. The van der Waals surface area contributed by atoms with Gasteiger partial charge in [0.2, 0.25) is 0 Å². The summed E-state index contributed by atoms with van der Waals surface area (Å²) < 4.78 is 13.0. The summed E-state index contributed by atoms with van der Waals surface area (Å²) in [5, 5.41) is 11.5. The molecule has 0 bridgehead atoms. The molecule has 0 radical (unpaired) electrons. The number of aryl methyl sites for hydroxylation is 1. The standard InChI is InChI=1S/C14H10FN3O/c1-9-12(3-2-6-17-9)14(19)18-13-5-4-11(15)7-10(13)8-16/h2-7H,1H3,(H,18,19). The van der Waals surface area contributed by atoms with Crippen LogP contribution in [-0.2, 0) is 0 Å². The van der Waals surface area contributed by atoms with Crippen LogP contribution in [0.15, 0.2) is 36.5 Å². The van der Waals surface area contributed by atoms with Crippen molar-refractivity contribution in [3.63, 3.8) is 0 Å². The Bertz CT molecular complexity index is 677. The predicted octanol–water partition coefficient (Wildman–Crippen LogP) is 2.65. The van der Waals surface area contributed by atoms with E-state index >= 15 is 0 Å². The average molecular weight is 255 g/mol. The third-order valence-electron chi connectivity index (χ3n) is 2.60. The Kier molecular flexibility index (Phi) is 3.53. The minimum Gasteiger partial charge on any atom is -0.321 e. The smallest absolute Gasteiger partial charge is 0.257 e. The zero-order chi connectivity index (χ0) is 13.8. The van der Waals surface area contributed by atoms with Gasteiger partial charge in [-0.2, -0.15) is 5.26 Å². The number of amides is 1. The number of aromatic nitrogens is 1. The molecule has 0 aliphatic carbocycles. The molecule has 0 fully saturated rings. The summed E-state index contributed by atoms with van der Waals surface area (Å²) in [6.45, 7) is 1.71. The molecular formula is C14H10FN3O. The fourth-order valence-electron chi connectivity index (χ4n) is 1.63. The van der Waals surface area contributed by atoms with Crippen LogP contribution in [0.2, 0.25) is 0 Å². The van der Waals surface area contributed by atoms with Crippen LogP contribution < -0.4 is 5.32 Å². The highest BCUT2D eigenvalue weighted by Gasteiger charge is 2.12. The molecule has 94 valence electrons. The molecule has 1 amide bonds. The van der Waals surface area contributed by atoms with Crippen LogP contribution in [0.1, 0.15) is 21.6 Å². The number of nitriles is 1. The van der Waals surface area contributed by atoms with Gasteiger partial charge in [-0.05, 0) is 37.3 Å². The van der Waals surface area contributed by atoms with E-state index in [1.54, 1.807) is 25.3 Å². The summed E-state index contributed by atoms with van der Waals surface area (Å²) in [5.41, 5.74) is 1.35. The molecule has 0 aliphatic heterocycles. The lowest BCUT2D eigenvalue weighted by Crippen LogP contribution is -2.14. The van der Waals surface area contributed by atoms with Crippen LogP contribution in [0.5, 0.6) is 0 Å². The van der Waals surface area contributed by atoms with Gasteiger partial charge in [-0.15, -0.1) is 0 Å². The van der Waals surface area contributed by atoms with Crippen LogP contribution in [-0.4, -0.2) is 10.9 Å². The van der Waals surface area contributed by atoms with Crippen molar-refractivity contribution < 1.29 is 9.18 Å².